The fraction of sp³-hybridized carbons (Fsp3) is 0.381. The summed E-state index contributed by atoms with van der Waals surface area (Å²) in [5.41, 5.74) is 2.45. The molecule has 4 nitrogen and oxygen atoms in total. The van der Waals surface area contributed by atoms with Crippen LogP contribution in [0.5, 0.6) is 0 Å². The number of carbonyl (C=O) groups is 1. The van der Waals surface area contributed by atoms with Gasteiger partial charge in [0.25, 0.3) is 5.91 Å². The van der Waals surface area contributed by atoms with Crippen molar-refractivity contribution in [3.05, 3.63) is 65.5 Å². The molecule has 1 saturated heterocycles. The van der Waals surface area contributed by atoms with Crippen LogP contribution in [0.3, 0.4) is 0 Å². The summed E-state index contributed by atoms with van der Waals surface area (Å²) >= 11 is 0. The average molecular weight is 356 g/mol. The molecule has 5 heteroatoms. The zero-order valence-corrected chi connectivity index (χ0v) is 15.3. The van der Waals surface area contributed by atoms with Gasteiger partial charge in [0.05, 0.1) is 13.2 Å². The van der Waals surface area contributed by atoms with Crippen LogP contribution in [-0.4, -0.2) is 38.8 Å². The normalized spacial score (nSPS) is 15.0. The summed E-state index contributed by atoms with van der Waals surface area (Å²) in [6.07, 6.45) is 0. The highest BCUT2D eigenvalue weighted by Crippen LogP contribution is 2.23. The van der Waals surface area contributed by atoms with E-state index >= 15 is 0 Å². The van der Waals surface area contributed by atoms with Gasteiger partial charge < -0.3 is 15.0 Å². The number of ether oxygens (including phenoxy) is 1. The Bertz CT molecular complexity index is 736. The van der Waals surface area contributed by atoms with Crippen molar-refractivity contribution in [1.29, 1.82) is 0 Å². The average Bonchev–Trinajstić information content (AvgIpc) is 2.67. The fourth-order valence-corrected chi connectivity index (χ4v) is 3.05. The van der Waals surface area contributed by atoms with Crippen molar-refractivity contribution in [3.8, 4) is 0 Å². The zero-order valence-electron chi connectivity index (χ0n) is 15.3. The van der Waals surface area contributed by atoms with Crippen molar-refractivity contribution < 1.29 is 13.9 Å². The number of morpholine rings is 1. The molecule has 0 aromatic heterocycles. The molecule has 26 heavy (non-hydrogen) atoms. The van der Waals surface area contributed by atoms with Crippen LogP contribution in [0.25, 0.3) is 0 Å². The third-order valence-corrected chi connectivity index (χ3v) is 4.82. The van der Waals surface area contributed by atoms with Crippen molar-refractivity contribution in [2.24, 2.45) is 0 Å². The standard InChI is InChI=1S/C21H25FN2O2/c1-21(2,17-5-7-18(22)8-6-17)15-23-20(25)16-3-9-19(10-4-16)24-11-13-26-14-12-24/h3-10H,11-15H2,1-2H3,(H,23,25). The topological polar surface area (TPSA) is 41.6 Å². The van der Waals surface area contributed by atoms with E-state index in [0.29, 0.717) is 12.1 Å². The maximum absolute atomic E-state index is 13.1. The van der Waals surface area contributed by atoms with E-state index in [2.05, 4.69) is 10.2 Å². The number of benzene rings is 2. The van der Waals surface area contributed by atoms with E-state index in [9.17, 15) is 9.18 Å². The van der Waals surface area contributed by atoms with Gasteiger partial charge in [0.2, 0.25) is 0 Å². The molecule has 1 aliphatic rings. The Morgan fingerprint density at radius 1 is 1.08 bits per heavy atom. The third-order valence-electron chi connectivity index (χ3n) is 4.82. The highest BCUT2D eigenvalue weighted by Gasteiger charge is 2.22. The second kappa shape index (κ2) is 7.87. The van der Waals surface area contributed by atoms with Crippen molar-refractivity contribution in [3.63, 3.8) is 0 Å². The van der Waals surface area contributed by atoms with Crippen LogP contribution in [-0.2, 0) is 10.2 Å². The second-order valence-electron chi connectivity index (χ2n) is 7.22. The van der Waals surface area contributed by atoms with Crippen molar-refractivity contribution in [2.45, 2.75) is 19.3 Å². The van der Waals surface area contributed by atoms with Crippen LogP contribution in [0.1, 0.15) is 29.8 Å². The fourth-order valence-electron chi connectivity index (χ4n) is 3.05. The largest absolute Gasteiger partial charge is 0.378 e. The van der Waals surface area contributed by atoms with Gasteiger partial charge in [0, 0.05) is 36.3 Å². The monoisotopic (exact) mass is 356 g/mol. The number of rotatable bonds is 5. The Morgan fingerprint density at radius 3 is 2.31 bits per heavy atom. The Morgan fingerprint density at radius 2 is 1.69 bits per heavy atom. The molecule has 3 rings (SSSR count). The summed E-state index contributed by atoms with van der Waals surface area (Å²) in [6, 6.07) is 14.1. The summed E-state index contributed by atoms with van der Waals surface area (Å²) < 4.78 is 18.5. The molecule has 0 saturated carbocycles. The summed E-state index contributed by atoms with van der Waals surface area (Å²) in [4.78, 5) is 14.7. The molecule has 1 fully saturated rings. The molecule has 1 amide bonds. The summed E-state index contributed by atoms with van der Waals surface area (Å²) in [5.74, 6) is -0.359. The minimum atomic E-state index is -0.281. The van der Waals surface area contributed by atoms with Gasteiger partial charge in [-0.25, -0.2) is 4.39 Å². The van der Waals surface area contributed by atoms with E-state index in [1.807, 2.05) is 38.1 Å². The molecule has 0 bridgehead atoms. The van der Waals surface area contributed by atoms with Gasteiger partial charge in [-0.3, -0.25) is 4.79 Å². The SMILES string of the molecule is CC(C)(CNC(=O)c1ccc(N2CCOCC2)cc1)c1ccc(F)cc1. The molecule has 0 unspecified atom stereocenters. The van der Waals surface area contributed by atoms with Crippen LogP contribution >= 0.6 is 0 Å². The van der Waals surface area contributed by atoms with Crippen molar-refractivity contribution in [1.82, 2.24) is 5.32 Å². The Labute approximate surface area is 154 Å². The number of halogens is 1. The van der Waals surface area contributed by atoms with Crippen LogP contribution in [0.4, 0.5) is 10.1 Å². The highest BCUT2D eigenvalue weighted by molar-refractivity contribution is 5.94. The molecule has 2 aromatic carbocycles. The smallest absolute Gasteiger partial charge is 0.251 e. The molecule has 138 valence electrons. The third kappa shape index (κ3) is 4.41. The van der Waals surface area contributed by atoms with Gasteiger partial charge in [-0.1, -0.05) is 26.0 Å². The number of anilines is 1. The van der Waals surface area contributed by atoms with E-state index < -0.39 is 0 Å². The Balaban J connectivity index is 1.59. The summed E-state index contributed by atoms with van der Waals surface area (Å²) in [5, 5.41) is 2.99. The lowest BCUT2D eigenvalue weighted by molar-refractivity contribution is 0.0945. The van der Waals surface area contributed by atoms with E-state index in [4.69, 9.17) is 4.74 Å². The molecule has 0 aliphatic carbocycles. The predicted molar refractivity (Wildman–Crippen MR) is 101 cm³/mol. The number of nitrogens with one attached hydrogen (secondary N) is 1. The molecule has 1 heterocycles. The van der Waals surface area contributed by atoms with Crippen LogP contribution in [0.15, 0.2) is 48.5 Å². The molecule has 2 aromatic rings. The van der Waals surface area contributed by atoms with Gasteiger partial charge in [-0.05, 0) is 42.0 Å². The first kappa shape index (κ1) is 18.4. The van der Waals surface area contributed by atoms with Crippen LogP contribution in [0.2, 0.25) is 0 Å². The second-order valence-corrected chi connectivity index (χ2v) is 7.22. The Hall–Kier alpha value is -2.40. The molecule has 1 aliphatic heterocycles. The van der Waals surface area contributed by atoms with Gasteiger partial charge in [-0.15, -0.1) is 0 Å². The quantitative estimate of drug-likeness (QED) is 0.893. The first-order valence-electron chi connectivity index (χ1n) is 8.93. The van der Waals surface area contributed by atoms with Gasteiger partial charge in [0.15, 0.2) is 0 Å². The van der Waals surface area contributed by atoms with Crippen LogP contribution < -0.4 is 10.2 Å². The molecule has 0 spiro atoms. The van der Waals surface area contributed by atoms with E-state index in [-0.39, 0.29) is 17.1 Å². The number of amides is 1. The number of nitrogens with zero attached hydrogens (tertiary/aromatic N) is 1. The first-order chi connectivity index (χ1) is 12.5. The number of hydrogen-bond donors (Lipinski definition) is 1. The van der Waals surface area contributed by atoms with Gasteiger partial charge in [0.1, 0.15) is 5.82 Å². The molecule has 1 N–H and O–H groups in total. The molecular formula is C21H25FN2O2. The van der Waals surface area contributed by atoms with Crippen LogP contribution in [0, 0.1) is 5.82 Å². The summed E-state index contributed by atoms with van der Waals surface area (Å²) in [7, 11) is 0. The molecular weight excluding hydrogens is 331 g/mol. The van der Waals surface area contributed by atoms with Gasteiger partial charge in [-0.2, -0.15) is 0 Å². The predicted octanol–water partition coefficient (Wildman–Crippen LogP) is 3.37. The minimum absolute atomic E-state index is 0.103. The molecule has 0 atom stereocenters. The maximum Gasteiger partial charge on any atom is 0.251 e. The van der Waals surface area contributed by atoms with Crippen molar-refractivity contribution >= 4 is 11.6 Å². The highest BCUT2D eigenvalue weighted by atomic mass is 19.1. The lowest BCUT2D eigenvalue weighted by atomic mass is 9.84. The lowest BCUT2D eigenvalue weighted by Gasteiger charge is -2.29. The van der Waals surface area contributed by atoms with E-state index in [0.717, 1.165) is 37.6 Å². The van der Waals surface area contributed by atoms with E-state index in [1.165, 1.54) is 12.1 Å². The zero-order chi connectivity index (χ0) is 18.6. The number of carbonyl (C=O) groups excluding carboxylic acids is 1. The Kier molecular flexibility index (Phi) is 5.57. The van der Waals surface area contributed by atoms with Crippen molar-refractivity contribution in [2.75, 3.05) is 37.7 Å². The molecule has 0 radical (unpaired) electrons. The van der Waals surface area contributed by atoms with E-state index in [1.54, 1.807) is 12.1 Å². The number of hydrogen-bond acceptors (Lipinski definition) is 3. The summed E-state index contributed by atoms with van der Waals surface area (Å²) in [6.45, 7) is 7.75. The van der Waals surface area contributed by atoms with Gasteiger partial charge >= 0.3 is 0 Å². The first-order valence-corrected chi connectivity index (χ1v) is 8.93. The lowest BCUT2D eigenvalue weighted by Crippen LogP contribution is -2.37. The maximum atomic E-state index is 13.1. The minimum Gasteiger partial charge on any atom is -0.378 e.